The van der Waals surface area contributed by atoms with Crippen LogP contribution in [0, 0.1) is 11.6 Å². The van der Waals surface area contributed by atoms with Gasteiger partial charge in [-0.3, -0.25) is 0 Å². The SMILES string of the molecule is OC(Cn1ccc(C=Cc2ccc(OCC(F)(F)C(F)F)cc2)c1)(Cn1cncn1)c1ccc(F)cc1F. The number of aliphatic hydroxyl groups is 1. The first kappa shape index (κ1) is 27.0. The van der Waals surface area contributed by atoms with Gasteiger partial charge in [0.25, 0.3) is 0 Å². The van der Waals surface area contributed by atoms with Gasteiger partial charge < -0.3 is 14.4 Å². The number of nitrogens with zero attached hydrogens (tertiary/aromatic N) is 4. The van der Waals surface area contributed by atoms with Crippen molar-refractivity contribution in [2.75, 3.05) is 6.61 Å². The second-order valence-electron chi connectivity index (χ2n) is 8.62. The van der Waals surface area contributed by atoms with Crippen molar-refractivity contribution in [3.05, 3.63) is 102 Å². The van der Waals surface area contributed by atoms with Crippen molar-refractivity contribution in [3.63, 3.8) is 0 Å². The molecule has 1 atom stereocenters. The normalized spacial score (nSPS) is 13.8. The molecule has 38 heavy (non-hydrogen) atoms. The molecular formula is C26H22F6N4O2. The van der Waals surface area contributed by atoms with Crippen molar-refractivity contribution in [1.29, 1.82) is 0 Å². The van der Waals surface area contributed by atoms with E-state index in [9.17, 15) is 31.4 Å². The van der Waals surface area contributed by atoms with Crippen molar-refractivity contribution in [2.24, 2.45) is 0 Å². The van der Waals surface area contributed by atoms with Crippen molar-refractivity contribution in [3.8, 4) is 5.75 Å². The second kappa shape index (κ2) is 11.1. The third-order valence-electron chi connectivity index (χ3n) is 5.64. The average molecular weight is 536 g/mol. The molecule has 2 aromatic carbocycles. The fourth-order valence-corrected chi connectivity index (χ4v) is 3.74. The standard InChI is InChI=1S/C26H22F6N4O2/c27-20-5-8-22(23(28)11-20)25(37,14-36-17-33-16-34-36)13-35-10-9-19(12-35)2-1-18-3-6-21(7-4-18)38-15-26(31,32)24(29)30/h1-12,16-17,24,37H,13-15H2. The maximum absolute atomic E-state index is 14.6. The van der Waals surface area contributed by atoms with Crippen LogP contribution in [0.5, 0.6) is 5.75 Å². The molecule has 0 fully saturated rings. The number of hydrogen-bond acceptors (Lipinski definition) is 4. The summed E-state index contributed by atoms with van der Waals surface area (Å²) in [5, 5.41) is 15.4. The molecular weight excluding hydrogens is 514 g/mol. The highest BCUT2D eigenvalue weighted by molar-refractivity contribution is 5.69. The van der Waals surface area contributed by atoms with Crippen LogP contribution in [0.1, 0.15) is 16.7 Å². The van der Waals surface area contributed by atoms with E-state index in [2.05, 4.69) is 10.1 Å². The minimum atomic E-state index is -4.24. The van der Waals surface area contributed by atoms with Gasteiger partial charge in [0.05, 0.1) is 13.1 Å². The zero-order valence-electron chi connectivity index (χ0n) is 19.7. The molecule has 0 aliphatic heterocycles. The summed E-state index contributed by atoms with van der Waals surface area (Å²) in [6, 6.07) is 10.6. The Kier molecular flexibility index (Phi) is 7.91. The number of rotatable bonds is 11. The van der Waals surface area contributed by atoms with Crippen molar-refractivity contribution in [1.82, 2.24) is 19.3 Å². The Morgan fingerprint density at radius 1 is 0.974 bits per heavy atom. The lowest BCUT2D eigenvalue weighted by Gasteiger charge is -2.29. The summed E-state index contributed by atoms with van der Waals surface area (Å²) in [5.74, 6) is -5.89. The van der Waals surface area contributed by atoms with E-state index in [1.54, 1.807) is 47.3 Å². The zero-order valence-corrected chi connectivity index (χ0v) is 19.7. The summed E-state index contributed by atoms with van der Waals surface area (Å²) in [6.07, 6.45) is 5.67. The van der Waals surface area contributed by atoms with Crippen molar-refractivity contribution >= 4 is 12.2 Å². The first-order valence-electron chi connectivity index (χ1n) is 11.3. The van der Waals surface area contributed by atoms with Gasteiger partial charge in [0.2, 0.25) is 0 Å². The predicted molar refractivity (Wildman–Crippen MR) is 127 cm³/mol. The van der Waals surface area contributed by atoms with E-state index in [-0.39, 0.29) is 24.4 Å². The number of ether oxygens (including phenoxy) is 1. The first-order chi connectivity index (χ1) is 18.0. The van der Waals surface area contributed by atoms with E-state index in [1.807, 2.05) is 0 Å². The van der Waals surface area contributed by atoms with Crippen LogP contribution in [0.25, 0.3) is 12.2 Å². The lowest BCUT2D eigenvalue weighted by atomic mass is 9.92. The molecule has 200 valence electrons. The summed E-state index contributed by atoms with van der Waals surface area (Å²) < 4.78 is 86.3. The molecule has 0 bridgehead atoms. The predicted octanol–water partition coefficient (Wildman–Crippen LogP) is 5.40. The Morgan fingerprint density at radius 3 is 2.37 bits per heavy atom. The smallest absolute Gasteiger partial charge is 0.340 e. The quantitative estimate of drug-likeness (QED) is 0.261. The van der Waals surface area contributed by atoms with Gasteiger partial charge in [-0.15, -0.1) is 0 Å². The van der Waals surface area contributed by atoms with E-state index in [1.165, 1.54) is 35.5 Å². The monoisotopic (exact) mass is 536 g/mol. The highest BCUT2D eigenvalue weighted by Crippen LogP contribution is 2.29. The Labute approximate surface area is 213 Å². The molecule has 1 N–H and O–H groups in total. The first-order valence-corrected chi connectivity index (χ1v) is 11.3. The Morgan fingerprint density at radius 2 is 1.71 bits per heavy atom. The maximum atomic E-state index is 14.6. The van der Waals surface area contributed by atoms with Crippen molar-refractivity contribution in [2.45, 2.75) is 31.0 Å². The minimum absolute atomic E-state index is 0.0216. The maximum Gasteiger partial charge on any atom is 0.340 e. The van der Waals surface area contributed by atoms with Crippen LogP contribution < -0.4 is 4.74 Å². The summed E-state index contributed by atoms with van der Waals surface area (Å²) in [7, 11) is 0. The summed E-state index contributed by atoms with van der Waals surface area (Å²) in [5.41, 5.74) is -0.484. The molecule has 0 aliphatic rings. The highest BCUT2D eigenvalue weighted by Gasteiger charge is 2.41. The topological polar surface area (TPSA) is 65.1 Å². The van der Waals surface area contributed by atoms with Crippen LogP contribution in [0.2, 0.25) is 0 Å². The highest BCUT2D eigenvalue weighted by atomic mass is 19.3. The van der Waals surface area contributed by atoms with Gasteiger partial charge >= 0.3 is 12.3 Å². The van der Waals surface area contributed by atoms with Gasteiger partial charge in [0.15, 0.2) is 6.61 Å². The number of aromatic nitrogens is 4. The fraction of sp³-hybridized carbons (Fsp3) is 0.231. The van der Waals surface area contributed by atoms with Crippen LogP contribution in [0.15, 0.2) is 73.6 Å². The number of hydrogen-bond donors (Lipinski definition) is 1. The minimum Gasteiger partial charge on any atom is -0.487 e. The number of alkyl halides is 4. The van der Waals surface area contributed by atoms with E-state index in [4.69, 9.17) is 4.74 Å². The largest absolute Gasteiger partial charge is 0.487 e. The molecule has 4 aromatic rings. The Bertz CT molecular complexity index is 1370. The lowest BCUT2D eigenvalue weighted by Crippen LogP contribution is -2.37. The fourth-order valence-electron chi connectivity index (χ4n) is 3.74. The van der Waals surface area contributed by atoms with E-state index in [0.717, 1.165) is 11.6 Å². The molecule has 12 heteroatoms. The van der Waals surface area contributed by atoms with Crippen LogP contribution in [-0.4, -0.2) is 43.4 Å². The van der Waals surface area contributed by atoms with Crippen LogP contribution >= 0.6 is 0 Å². The van der Waals surface area contributed by atoms with Gasteiger partial charge in [-0.1, -0.05) is 30.4 Å². The van der Waals surface area contributed by atoms with Crippen molar-refractivity contribution < 1.29 is 36.2 Å². The third kappa shape index (κ3) is 6.62. The van der Waals surface area contributed by atoms with Gasteiger partial charge in [0, 0.05) is 24.0 Å². The van der Waals surface area contributed by atoms with E-state index in [0.29, 0.717) is 11.6 Å². The molecule has 0 aliphatic carbocycles. The van der Waals surface area contributed by atoms with Gasteiger partial charge in [-0.05, 0) is 35.4 Å². The summed E-state index contributed by atoms with van der Waals surface area (Å²) >= 11 is 0. The average Bonchev–Trinajstić information content (AvgIpc) is 3.53. The van der Waals surface area contributed by atoms with Crippen LogP contribution in [0.3, 0.4) is 0 Å². The molecule has 0 saturated carbocycles. The van der Waals surface area contributed by atoms with Crippen LogP contribution in [-0.2, 0) is 18.7 Å². The van der Waals surface area contributed by atoms with E-state index >= 15 is 0 Å². The van der Waals surface area contributed by atoms with Gasteiger partial charge in [-0.25, -0.2) is 27.2 Å². The summed E-state index contributed by atoms with van der Waals surface area (Å²) in [6.45, 7) is -1.66. The molecule has 4 rings (SSSR count). The molecule has 6 nitrogen and oxygen atoms in total. The molecule has 2 aromatic heterocycles. The lowest BCUT2D eigenvalue weighted by molar-refractivity contribution is -0.148. The summed E-state index contributed by atoms with van der Waals surface area (Å²) in [4.78, 5) is 3.83. The van der Waals surface area contributed by atoms with Gasteiger partial charge in [0.1, 0.15) is 35.6 Å². The van der Waals surface area contributed by atoms with Crippen LogP contribution in [0.4, 0.5) is 26.3 Å². The molecule has 0 spiro atoms. The molecule has 0 radical (unpaired) electrons. The number of halogens is 6. The van der Waals surface area contributed by atoms with Gasteiger partial charge in [-0.2, -0.15) is 13.9 Å². The molecule has 1 unspecified atom stereocenters. The zero-order chi connectivity index (χ0) is 27.3. The number of benzene rings is 2. The Hall–Kier alpha value is -4.06. The Balaban J connectivity index is 1.45. The third-order valence-corrected chi connectivity index (χ3v) is 5.64. The molecule has 2 heterocycles. The molecule has 0 saturated heterocycles. The second-order valence-corrected chi connectivity index (χ2v) is 8.62. The molecule has 0 amide bonds. The van der Waals surface area contributed by atoms with E-state index < -0.39 is 36.2 Å².